The second kappa shape index (κ2) is 5.83. The number of nitrogens with one attached hydrogen (secondary N) is 2. The van der Waals surface area contributed by atoms with E-state index in [4.69, 9.17) is 0 Å². The van der Waals surface area contributed by atoms with Crippen LogP contribution in [0.3, 0.4) is 0 Å². The summed E-state index contributed by atoms with van der Waals surface area (Å²) in [6.07, 6.45) is 0. The summed E-state index contributed by atoms with van der Waals surface area (Å²) in [5, 5.41) is 12.9. The van der Waals surface area contributed by atoms with Crippen LogP contribution in [0.5, 0.6) is 0 Å². The van der Waals surface area contributed by atoms with E-state index in [1.54, 1.807) is 19.2 Å². The average molecular weight is 338 g/mol. The molecule has 2 rings (SSSR count). The van der Waals surface area contributed by atoms with Crippen molar-refractivity contribution < 1.29 is 4.79 Å². The highest BCUT2D eigenvalue weighted by Crippen LogP contribution is 2.23. The maximum Gasteiger partial charge on any atom is 0.294 e. The van der Waals surface area contributed by atoms with E-state index < -0.39 is 5.56 Å². The van der Waals surface area contributed by atoms with Gasteiger partial charge < -0.3 is 5.32 Å². The lowest BCUT2D eigenvalue weighted by Crippen LogP contribution is -2.09. The maximum absolute atomic E-state index is 11.7. The quantitative estimate of drug-likeness (QED) is 0.843. The van der Waals surface area contributed by atoms with Gasteiger partial charge >= 0.3 is 0 Å². The van der Waals surface area contributed by atoms with E-state index in [9.17, 15) is 9.59 Å². The molecule has 0 saturated carbocycles. The summed E-state index contributed by atoms with van der Waals surface area (Å²) < 4.78 is 2.31. The fourth-order valence-electron chi connectivity index (χ4n) is 1.55. The Kier molecular flexibility index (Phi) is 4.14. The predicted molar refractivity (Wildman–Crippen MR) is 78.7 cm³/mol. The highest BCUT2D eigenvalue weighted by molar-refractivity contribution is 9.10. The smallest absolute Gasteiger partial charge is 0.294 e. The van der Waals surface area contributed by atoms with E-state index in [1.165, 1.54) is 11.6 Å². The molecule has 0 radical (unpaired) electrons. The highest BCUT2D eigenvalue weighted by atomic mass is 79.9. The van der Waals surface area contributed by atoms with Crippen LogP contribution in [0, 0.1) is 0 Å². The van der Waals surface area contributed by atoms with Crippen LogP contribution in [0.4, 0.5) is 17.2 Å². The number of rotatable bonds is 3. The summed E-state index contributed by atoms with van der Waals surface area (Å²) in [4.78, 5) is 22.8. The van der Waals surface area contributed by atoms with E-state index in [0.717, 1.165) is 4.47 Å². The van der Waals surface area contributed by atoms with Gasteiger partial charge in [0, 0.05) is 18.4 Å². The molecular weight excluding hydrogens is 326 g/mol. The zero-order valence-corrected chi connectivity index (χ0v) is 12.4. The van der Waals surface area contributed by atoms with Crippen molar-refractivity contribution in [1.82, 2.24) is 9.78 Å². The molecule has 7 nitrogen and oxygen atoms in total. The number of aryl methyl sites for hydroxylation is 1. The molecule has 0 aliphatic carbocycles. The Morgan fingerprint density at radius 3 is 2.55 bits per heavy atom. The van der Waals surface area contributed by atoms with Gasteiger partial charge in [-0.3, -0.25) is 19.4 Å². The molecule has 0 unspecified atom stereocenters. The average Bonchev–Trinajstić information content (AvgIpc) is 2.63. The van der Waals surface area contributed by atoms with E-state index in [0.29, 0.717) is 5.69 Å². The number of H-pyrrole nitrogens is 1. The number of hydrogen-bond acceptors (Lipinski definition) is 4. The lowest BCUT2D eigenvalue weighted by molar-refractivity contribution is -0.114. The van der Waals surface area contributed by atoms with Crippen LogP contribution in [0.25, 0.3) is 0 Å². The van der Waals surface area contributed by atoms with Crippen molar-refractivity contribution in [2.45, 2.75) is 6.92 Å². The molecule has 2 aromatic rings. The topological polar surface area (TPSA) is 91.6 Å². The molecule has 0 bridgehead atoms. The standard InChI is InChI=1S/C12H12BrN5O2/c1-7(19)14-11-10(12(20)17-18(11)2)16-15-9-5-3-8(13)4-6-9/h3-6H,1-2H3,(H,14,19)(H,17,20). The number of halogens is 1. The number of nitrogens with zero attached hydrogens (tertiary/aromatic N) is 3. The monoisotopic (exact) mass is 337 g/mol. The van der Waals surface area contributed by atoms with Gasteiger partial charge in [0.2, 0.25) is 5.91 Å². The molecular formula is C12H12BrN5O2. The predicted octanol–water partition coefficient (Wildman–Crippen LogP) is 2.85. The maximum atomic E-state index is 11.7. The Morgan fingerprint density at radius 2 is 1.95 bits per heavy atom. The molecule has 0 spiro atoms. The summed E-state index contributed by atoms with van der Waals surface area (Å²) in [5.74, 6) is -0.0111. The molecule has 0 aliphatic heterocycles. The first-order valence-electron chi connectivity index (χ1n) is 5.71. The van der Waals surface area contributed by atoms with Gasteiger partial charge in [0.15, 0.2) is 11.5 Å². The summed E-state index contributed by atoms with van der Waals surface area (Å²) in [5.41, 5.74) is 0.243. The van der Waals surface area contributed by atoms with Crippen LogP contribution >= 0.6 is 15.9 Å². The number of benzene rings is 1. The molecule has 0 atom stereocenters. The number of aromatic nitrogens is 2. The first-order chi connectivity index (χ1) is 9.47. The van der Waals surface area contributed by atoms with Gasteiger partial charge in [0.05, 0.1) is 5.69 Å². The van der Waals surface area contributed by atoms with Gasteiger partial charge in [0.25, 0.3) is 5.56 Å². The SMILES string of the molecule is CC(=O)Nc1c(N=Nc2ccc(Br)cc2)c(=O)[nH]n1C. The van der Waals surface area contributed by atoms with E-state index in [1.807, 2.05) is 12.1 Å². The zero-order valence-electron chi connectivity index (χ0n) is 10.8. The molecule has 0 saturated heterocycles. The van der Waals surface area contributed by atoms with Crippen LogP contribution in [-0.4, -0.2) is 15.7 Å². The van der Waals surface area contributed by atoms with Gasteiger partial charge in [-0.25, -0.2) is 0 Å². The molecule has 0 fully saturated rings. The Hall–Kier alpha value is -2.22. The molecule has 2 N–H and O–H groups in total. The van der Waals surface area contributed by atoms with Gasteiger partial charge in [-0.05, 0) is 24.3 Å². The normalized spacial score (nSPS) is 10.9. The molecule has 1 aromatic heterocycles. The molecule has 20 heavy (non-hydrogen) atoms. The van der Waals surface area contributed by atoms with Crippen molar-refractivity contribution in [3.05, 3.63) is 39.1 Å². The number of anilines is 1. The van der Waals surface area contributed by atoms with Crippen molar-refractivity contribution in [1.29, 1.82) is 0 Å². The Balaban J connectivity index is 2.35. The van der Waals surface area contributed by atoms with Crippen LogP contribution in [0.2, 0.25) is 0 Å². The molecule has 8 heteroatoms. The third kappa shape index (κ3) is 3.21. The fourth-order valence-corrected chi connectivity index (χ4v) is 1.81. The van der Waals surface area contributed by atoms with Crippen LogP contribution in [0.1, 0.15) is 6.92 Å². The summed E-state index contributed by atoms with van der Waals surface area (Å²) in [6.45, 7) is 1.35. The van der Waals surface area contributed by atoms with Gasteiger partial charge in [-0.1, -0.05) is 15.9 Å². The van der Waals surface area contributed by atoms with Crippen molar-refractivity contribution in [3.8, 4) is 0 Å². The largest absolute Gasteiger partial charge is 0.309 e. The first kappa shape index (κ1) is 14.2. The van der Waals surface area contributed by atoms with Gasteiger partial charge in [0.1, 0.15) is 0 Å². The second-order valence-corrected chi connectivity index (χ2v) is 4.97. The Bertz CT molecular complexity index is 714. The molecule has 104 valence electrons. The van der Waals surface area contributed by atoms with E-state index in [2.05, 4.69) is 36.6 Å². The zero-order chi connectivity index (χ0) is 14.7. The van der Waals surface area contributed by atoms with Crippen molar-refractivity contribution in [3.63, 3.8) is 0 Å². The van der Waals surface area contributed by atoms with Crippen LogP contribution in [-0.2, 0) is 11.8 Å². The minimum absolute atomic E-state index is 0.0608. The van der Waals surface area contributed by atoms with Crippen molar-refractivity contribution >= 4 is 39.0 Å². The minimum Gasteiger partial charge on any atom is -0.309 e. The Morgan fingerprint density at radius 1 is 1.30 bits per heavy atom. The first-order valence-corrected chi connectivity index (χ1v) is 6.50. The number of aromatic amines is 1. The molecule has 1 aromatic carbocycles. The second-order valence-electron chi connectivity index (χ2n) is 4.05. The Labute approximate surface area is 122 Å². The highest BCUT2D eigenvalue weighted by Gasteiger charge is 2.13. The molecule has 1 heterocycles. The summed E-state index contributed by atoms with van der Waals surface area (Å²) >= 11 is 3.32. The van der Waals surface area contributed by atoms with Gasteiger partial charge in [-0.15, -0.1) is 5.11 Å². The third-order valence-electron chi connectivity index (χ3n) is 2.43. The third-order valence-corrected chi connectivity index (χ3v) is 2.96. The van der Waals surface area contributed by atoms with Crippen LogP contribution in [0.15, 0.2) is 43.8 Å². The number of hydrogen-bond donors (Lipinski definition) is 2. The van der Waals surface area contributed by atoms with Crippen molar-refractivity contribution in [2.24, 2.45) is 17.3 Å². The number of carbonyl (C=O) groups is 1. The lowest BCUT2D eigenvalue weighted by atomic mass is 10.3. The van der Waals surface area contributed by atoms with Gasteiger partial charge in [-0.2, -0.15) is 5.11 Å². The van der Waals surface area contributed by atoms with E-state index >= 15 is 0 Å². The van der Waals surface area contributed by atoms with E-state index in [-0.39, 0.29) is 17.4 Å². The number of carbonyl (C=O) groups excluding carboxylic acids is 1. The summed E-state index contributed by atoms with van der Waals surface area (Å²) in [7, 11) is 1.60. The van der Waals surface area contributed by atoms with Crippen LogP contribution < -0.4 is 10.9 Å². The summed E-state index contributed by atoms with van der Waals surface area (Å²) in [6, 6.07) is 7.14. The van der Waals surface area contributed by atoms with Crippen molar-refractivity contribution in [2.75, 3.05) is 5.32 Å². The number of amides is 1. The lowest BCUT2D eigenvalue weighted by Gasteiger charge is -2.02. The number of azo groups is 1. The molecule has 1 amide bonds. The minimum atomic E-state index is -0.419. The molecule has 0 aliphatic rings. The fraction of sp³-hybridized carbons (Fsp3) is 0.167.